The van der Waals surface area contributed by atoms with Crippen LogP contribution >= 0.6 is 11.6 Å². The first-order valence-corrected chi connectivity index (χ1v) is 10.7. The van der Waals surface area contributed by atoms with Gasteiger partial charge in [-0.15, -0.1) is 0 Å². The first kappa shape index (κ1) is 22.5. The molecule has 3 rings (SSSR count). The number of para-hydroxylation sites is 1. The molecule has 10 heteroatoms. The van der Waals surface area contributed by atoms with Gasteiger partial charge in [0.1, 0.15) is 29.6 Å². The SMILES string of the molecule is COc1ccc(N(CC(=O)Nc2c(F)cccc2F)S(=O)(=O)c2ccccc2)cc1Cl. The summed E-state index contributed by atoms with van der Waals surface area (Å²) in [5, 5.41) is 2.21. The number of amides is 1. The minimum absolute atomic E-state index is 0.0683. The van der Waals surface area contributed by atoms with Crippen LogP contribution in [-0.4, -0.2) is 28.0 Å². The Morgan fingerprint density at radius 3 is 2.26 bits per heavy atom. The molecule has 0 fully saturated rings. The highest BCUT2D eigenvalue weighted by Crippen LogP contribution is 2.32. The van der Waals surface area contributed by atoms with E-state index in [4.69, 9.17) is 16.3 Å². The molecule has 0 unspecified atom stereocenters. The van der Waals surface area contributed by atoms with Crippen molar-refractivity contribution in [3.8, 4) is 5.75 Å². The van der Waals surface area contributed by atoms with Gasteiger partial charge in [-0.25, -0.2) is 17.2 Å². The fourth-order valence-corrected chi connectivity index (χ4v) is 4.46. The van der Waals surface area contributed by atoms with E-state index in [0.717, 1.165) is 22.5 Å². The van der Waals surface area contributed by atoms with Crippen molar-refractivity contribution < 1.29 is 26.7 Å². The Bertz CT molecular complexity index is 1190. The molecule has 0 saturated heterocycles. The predicted molar refractivity (Wildman–Crippen MR) is 114 cm³/mol. The lowest BCUT2D eigenvalue weighted by molar-refractivity contribution is -0.114. The normalized spacial score (nSPS) is 11.1. The lowest BCUT2D eigenvalue weighted by Crippen LogP contribution is -2.38. The fourth-order valence-electron chi connectivity index (χ4n) is 2.77. The molecule has 0 spiro atoms. The number of carbonyl (C=O) groups is 1. The number of rotatable bonds is 7. The molecule has 31 heavy (non-hydrogen) atoms. The van der Waals surface area contributed by atoms with Crippen LogP contribution in [0.5, 0.6) is 5.75 Å². The van der Waals surface area contributed by atoms with Crippen molar-refractivity contribution >= 4 is 38.9 Å². The molecule has 3 aromatic carbocycles. The minimum Gasteiger partial charge on any atom is -0.495 e. The second kappa shape index (κ2) is 9.32. The highest BCUT2D eigenvalue weighted by atomic mass is 35.5. The summed E-state index contributed by atoms with van der Waals surface area (Å²) in [5.41, 5.74) is -0.601. The van der Waals surface area contributed by atoms with Gasteiger partial charge >= 0.3 is 0 Å². The summed E-state index contributed by atoms with van der Waals surface area (Å²) in [5.74, 6) is -2.62. The van der Waals surface area contributed by atoms with Crippen molar-refractivity contribution in [3.63, 3.8) is 0 Å². The lowest BCUT2D eigenvalue weighted by atomic mass is 10.2. The maximum atomic E-state index is 13.9. The van der Waals surface area contributed by atoms with Crippen molar-refractivity contribution in [3.05, 3.63) is 83.4 Å². The molecule has 0 radical (unpaired) electrons. The monoisotopic (exact) mass is 466 g/mol. The summed E-state index contributed by atoms with van der Waals surface area (Å²) in [4.78, 5) is 12.5. The Kier molecular flexibility index (Phi) is 6.77. The predicted octanol–water partition coefficient (Wildman–Crippen LogP) is 4.46. The van der Waals surface area contributed by atoms with Crippen LogP contribution in [-0.2, 0) is 14.8 Å². The number of hydrogen-bond donors (Lipinski definition) is 1. The van der Waals surface area contributed by atoms with Gasteiger partial charge in [-0.3, -0.25) is 9.10 Å². The average molecular weight is 467 g/mol. The van der Waals surface area contributed by atoms with Crippen molar-refractivity contribution in [2.75, 3.05) is 23.3 Å². The van der Waals surface area contributed by atoms with Gasteiger partial charge in [-0.05, 0) is 42.5 Å². The van der Waals surface area contributed by atoms with E-state index in [0.29, 0.717) is 5.75 Å². The standard InChI is InChI=1S/C21H17ClF2N2O4S/c1-30-19-11-10-14(12-16(19)22)26(31(28,29)15-6-3-2-4-7-15)13-20(27)25-21-17(23)8-5-9-18(21)24/h2-12H,13H2,1H3,(H,25,27). The number of halogens is 3. The van der Waals surface area contributed by atoms with Crippen LogP contribution in [0.4, 0.5) is 20.2 Å². The minimum atomic E-state index is -4.21. The molecule has 0 aromatic heterocycles. The molecule has 0 saturated carbocycles. The van der Waals surface area contributed by atoms with Crippen LogP contribution in [0.3, 0.4) is 0 Å². The van der Waals surface area contributed by atoms with Crippen LogP contribution in [0.15, 0.2) is 71.6 Å². The number of nitrogens with zero attached hydrogens (tertiary/aromatic N) is 1. The van der Waals surface area contributed by atoms with Gasteiger partial charge in [0.15, 0.2) is 0 Å². The first-order valence-electron chi connectivity index (χ1n) is 8.89. The molecule has 1 amide bonds. The van der Waals surface area contributed by atoms with Crippen molar-refractivity contribution in [1.29, 1.82) is 0 Å². The van der Waals surface area contributed by atoms with Gasteiger partial charge in [-0.2, -0.15) is 0 Å². The Morgan fingerprint density at radius 2 is 1.68 bits per heavy atom. The van der Waals surface area contributed by atoms with Crippen LogP contribution in [0.1, 0.15) is 0 Å². The van der Waals surface area contributed by atoms with Crippen LogP contribution in [0, 0.1) is 11.6 Å². The molecule has 1 N–H and O–H groups in total. The molecule has 6 nitrogen and oxygen atoms in total. The number of anilines is 2. The molecule has 0 aliphatic heterocycles. The van der Waals surface area contributed by atoms with E-state index in [1.54, 1.807) is 6.07 Å². The third-order valence-corrected chi connectivity index (χ3v) is 6.35. The highest BCUT2D eigenvalue weighted by molar-refractivity contribution is 7.92. The zero-order valence-corrected chi connectivity index (χ0v) is 17.8. The smallest absolute Gasteiger partial charge is 0.264 e. The molecule has 0 heterocycles. The molecule has 0 aliphatic rings. The maximum absolute atomic E-state index is 13.9. The topological polar surface area (TPSA) is 75.7 Å². The summed E-state index contributed by atoms with van der Waals surface area (Å²) in [6, 6.07) is 14.7. The molecule has 3 aromatic rings. The van der Waals surface area contributed by atoms with Crippen LogP contribution in [0.2, 0.25) is 5.02 Å². The van der Waals surface area contributed by atoms with E-state index < -0.39 is 39.8 Å². The van der Waals surface area contributed by atoms with Gasteiger partial charge < -0.3 is 10.1 Å². The Labute approximate surface area is 183 Å². The van der Waals surface area contributed by atoms with Crippen molar-refractivity contribution in [1.82, 2.24) is 0 Å². The summed E-state index contributed by atoms with van der Waals surface area (Å²) in [6.07, 6.45) is 0. The number of hydrogen-bond acceptors (Lipinski definition) is 4. The van der Waals surface area contributed by atoms with Gasteiger partial charge in [-0.1, -0.05) is 35.9 Å². The number of methoxy groups -OCH3 is 1. The summed E-state index contributed by atoms with van der Waals surface area (Å²) >= 11 is 6.13. The second-order valence-corrected chi connectivity index (χ2v) is 8.56. The van der Waals surface area contributed by atoms with E-state index in [-0.39, 0.29) is 15.6 Å². The Balaban J connectivity index is 2.00. The van der Waals surface area contributed by atoms with E-state index in [9.17, 15) is 22.0 Å². The largest absolute Gasteiger partial charge is 0.495 e. The molecular weight excluding hydrogens is 450 g/mol. The third kappa shape index (κ3) is 4.95. The molecule has 0 bridgehead atoms. The van der Waals surface area contributed by atoms with Gasteiger partial charge in [0.05, 0.1) is 22.7 Å². The van der Waals surface area contributed by atoms with Gasteiger partial charge in [0, 0.05) is 0 Å². The zero-order chi connectivity index (χ0) is 22.6. The van der Waals surface area contributed by atoms with Crippen LogP contribution < -0.4 is 14.4 Å². The van der Waals surface area contributed by atoms with Crippen LogP contribution in [0.25, 0.3) is 0 Å². The Hall–Kier alpha value is -3.17. The number of ether oxygens (including phenoxy) is 1. The molecule has 162 valence electrons. The maximum Gasteiger partial charge on any atom is 0.264 e. The number of sulfonamides is 1. The first-order chi connectivity index (χ1) is 14.7. The third-order valence-electron chi connectivity index (χ3n) is 4.27. The molecule has 0 atom stereocenters. The summed E-state index contributed by atoms with van der Waals surface area (Å²) < 4.78 is 60.1. The molecule has 0 aliphatic carbocycles. The van der Waals surface area contributed by atoms with E-state index in [2.05, 4.69) is 5.32 Å². The second-order valence-electron chi connectivity index (χ2n) is 6.29. The average Bonchev–Trinajstić information content (AvgIpc) is 2.75. The van der Waals surface area contributed by atoms with Crippen molar-refractivity contribution in [2.45, 2.75) is 4.90 Å². The number of benzene rings is 3. The fraction of sp³-hybridized carbons (Fsp3) is 0.0952. The summed E-state index contributed by atoms with van der Waals surface area (Å²) in [7, 11) is -2.81. The molecular formula is C21H17ClF2N2O4S. The number of nitrogens with one attached hydrogen (secondary N) is 1. The van der Waals surface area contributed by atoms with E-state index >= 15 is 0 Å². The number of carbonyl (C=O) groups excluding carboxylic acids is 1. The van der Waals surface area contributed by atoms with Gasteiger partial charge in [0.25, 0.3) is 10.0 Å². The van der Waals surface area contributed by atoms with Crippen molar-refractivity contribution in [2.24, 2.45) is 0 Å². The van der Waals surface area contributed by atoms with E-state index in [1.807, 2.05) is 0 Å². The van der Waals surface area contributed by atoms with E-state index in [1.165, 1.54) is 49.6 Å². The quantitative estimate of drug-likeness (QED) is 0.557. The van der Waals surface area contributed by atoms with Gasteiger partial charge in [0.2, 0.25) is 5.91 Å². The summed E-state index contributed by atoms with van der Waals surface area (Å²) in [6.45, 7) is -0.756. The lowest BCUT2D eigenvalue weighted by Gasteiger charge is -2.24. The highest BCUT2D eigenvalue weighted by Gasteiger charge is 2.28. The Morgan fingerprint density at radius 1 is 1.03 bits per heavy atom. The zero-order valence-electron chi connectivity index (χ0n) is 16.2.